The van der Waals surface area contributed by atoms with E-state index in [1.165, 1.54) is 23.5 Å². The summed E-state index contributed by atoms with van der Waals surface area (Å²) in [5.41, 5.74) is 3.32. The molecule has 0 spiro atoms. The number of nitrogens with zero attached hydrogens (tertiary/aromatic N) is 4. The van der Waals surface area contributed by atoms with E-state index in [0.717, 1.165) is 16.9 Å². The summed E-state index contributed by atoms with van der Waals surface area (Å²) in [7, 11) is -2.09. The zero-order valence-corrected chi connectivity index (χ0v) is 19.2. The number of amides is 1. The quantitative estimate of drug-likeness (QED) is 0.592. The van der Waals surface area contributed by atoms with Crippen LogP contribution in [0.2, 0.25) is 0 Å². The maximum absolute atomic E-state index is 13.1. The molecule has 1 aliphatic rings. The van der Waals surface area contributed by atoms with E-state index in [1.54, 1.807) is 27.9 Å². The van der Waals surface area contributed by atoms with Crippen LogP contribution in [0.5, 0.6) is 5.75 Å². The minimum atomic E-state index is -3.62. The molecular formula is C23H26N4O4S. The average Bonchev–Trinajstić information content (AvgIpc) is 3.20. The zero-order chi connectivity index (χ0) is 22.9. The smallest absolute Gasteiger partial charge is 0.257 e. The van der Waals surface area contributed by atoms with E-state index < -0.39 is 10.0 Å². The fraction of sp³-hybridized carbons (Fsp3) is 0.304. The molecule has 1 saturated heterocycles. The molecule has 8 nitrogen and oxygen atoms in total. The molecule has 2 aromatic carbocycles. The number of aryl methyl sites for hydroxylation is 1. The van der Waals surface area contributed by atoms with Gasteiger partial charge in [-0.2, -0.15) is 9.40 Å². The zero-order valence-electron chi connectivity index (χ0n) is 18.4. The third kappa shape index (κ3) is 4.13. The standard InChI is InChI=1S/C23H26N4O4S/c1-17-4-6-19(7-5-17)27-18(2)22(16-24-27)23(28)25-12-14-26(15-13-25)32(29,30)21-10-8-20(31-3)9-11-21/h4-11,16H,12-15H2,1-3H3. The summed E-state index contributed by atoms with van der Waals surface area (Å²) in [6.07, 6.45) is 1.58. The third-order valence-electron chi connectivity index (χ3n) is 5.74. The number of rotatable bonds is 5. The molecule has 4 rings (SSSR count). The summed E-state index contributed by atoms with van der Waals surface area (Å²) < 4.78 is 34.1. The average molecular weight is 455 g/mol. The monoisotopic (exact) mass is 454 g/mol. The fourth-order valence-electron chi connectivity index (χ4n) is 3.76. The van der Waals surface area contributed by atoms with Gasteiger partial charge >= 0.3 is 0 Å². The molecule has 2 heterocycles. The van der Waals surface area contributed by atoms with Crippen LogP contribution in [0.1, 0.15) is 21.6 Å². The molecule has 1 fully saturated rings. The summed E-state index contributed by atoms with van der Waals surface area (Å²) in [5.74, 6) is 0.461. The molecule has 0 atom stereocenters. The minimum absolute atomic E-state index is 0.137. The van der Waals surface area contributed by atoms with E-state index in [1.807, 2.05) is 38.1 Å². The van der Waals surface area contributed by atoms with Gasteiger partial charge in [0.2, 0.25) is 10.0 Å². The molecule has 1 amide bonds. The van der Waals surface area contributed by atoms with Crippen molar-refractivity contribution in [2.24, 2.45) is 0 Å². The van der Waals surface area contributed by atoms with Crippen LogP contribution >= 0.6 is 0 Å². The molecule has 3 aromatic rings. The van der Waals surface area contributed by atoms with Gasteiger partial charge in [0.25, 0.3) is 5.91 Å². The largest absolute Gasteiger partial charge is 0.497 e. The Hall–Kier alpha value is -3.17. The number of aromatic nitrogens is 2. The number of hydrogen-bond donors (Lipinski definition) is 0. The SMILES string of the molecule is COc1ccc(S(=O)(=O)N2CCN(C(=O)c3cnn(-c4ccc(C)cc4)c3C)CC2)cc1. The predicted molar refractivity (Wildman–Crippen MR) is 121 cm³/mol. The number of carbonyl (C=O) groups is 1. The molecule has 0 radical (unpaired) electrons. The molecule has 1 aromatic heterocycles. The Kier molecular flexibility index (Phi) is 6.03. The first-order chi connectivity index (χ1) is 15.3. The number of ether oxygens (including phenoxy) is 1. The van der Waals surface area contributed by atoms with Gasteiger partial charge in [-0.1, -0.05) is 17.7 Å². The lowest BCUT2D eigenvalue weighted by Crippen LogP contribution is -2.50. The van der Waals surface area contributed by atoms with E-state index in [-0.39, 0.29) is 23.9 Å². The van der Waals surface area contributed by atoms with Crippen molar-refractivity contribution in [3.8, 4) is 11.4 Å². The second-order valence-corrected chi connectivity index (χ2v) is 9.70. The number of hydrogen-bond acceptors (Lipinski definition) is 5. The minimum Gasteiger partial charge on any atom is -0.497 e. The van der Waals surface area contributed by atoms with E-state index in [9.17, 15) is 13.2 Å². The normalized spacial score (nSPS) is 15.0. The highest BCUT2D eigenvalue weighted by Crippen LogP contribution is 2.22. The first kappa shape index (κ1) is 22.0. The fourth-order valence-corrected chi connectivity index (χ4v) is 5.19. The highest BCUT2D eigenvalue weighted by molar-refractivity contribution is 7.89. The Morgan fingerprint density at radius 2 is 1.56 bits per heavy atom. The Labute approximate surface area is 188 Å². The maximum Gasteiger partial charge on any atom is 0.257 e. The molecule has 1 aliphatic heterocycles. The van der Waals surface area contributed by atoms with Crippen LogP contribution in [-0.4, -0.2) is 66.6 Å². The summed E-state index contributed by atoms with van der Waals surface area (Å²) in [5, 5.41) is 4.39. The van der Waals surface area contributed by atoms with Crippen molar-refractivity contribution in [2.45, 2.75) is 18.7 Å². The van der Waals surface area contributed by atoms with Crippen molar-refractivity contribution in [2.75, 3.05) is 33.3 Å². The van der Waals surface area contributed by atoms with E-state index in [2.05, 4.69) is 5.10 Å². The first-order valence-corrected chi connectivity index (χ1v) is 11.8. The van der Waals surface area contributed by atoms with Crippen molar-refractivity contribution < 1.29 is 17.9 Å². The molecule has 32 heavy (non-hydrogen) atoms. The molecule has 9 heteroatoms. The van der Waals surface area contributed by atoms with Gasteiger partial charge in [0.15, 0.2) is 0 Å². The van der Waals surface area contributed by atoms with Crippen LogP contribution in [0.4, 0.5) is 0 Å². The molecule has 0 N–H and O–H groups in total. The topological polar surface area (TPSA) is 84.7 Å². The van der Waals surface area contributed by atoms with Gasteiger partial charge in [0.1, 0.15) is 5.75 Å². The lowest BCUT2D eigenvalue weighted by molar-refractivity contribution is 0.0697. The Morgan fingerprint density at radius 1 is 0.938 bits per heavy atom. The molecule has 168 valence electrons. The maximum atomic E-state index is 13.1. The highest BCUT2D eigenvalue weighted by atomic mass is 32.2. The number of carbonyl (C=O) groups excluding carboxylic acids is 1. The number of sulfonamides is 1. The van der Waals surface area contributed by atoms with Crippen LogP contribution in [0.3, 0.4) is 0 Å². The van der Waals surface area contributed by atoms with Crippen molar-refractivity contribution in [1.29, 1.82) is 0 Å². The second kappa shape index (κ2) is 8.76. The van der Waals surface area contributed by atoms with E-state index in [0.29, 0.717) is 24.4 Å². The van der Waals surface area contributed by atoms with E-state index >= 15 is 0 Å². The third-order valence-corrected chi connectivity index (χ3v) is 7.65. The van der Waals surface area contributed by atoms with E-state index in [4.69, 9.17) is 4.74 Å². The van der Waals surface area contributed by atoms with Gasteiger partial charge in [0.05, 0.1) is 35.1 Å². The van der Waals surface area contributed by atoms with Gasteiger partial charge < -0.3 is 9.64 Å². The van der Waals surface area contributed by atoms with Crippen molar-refractivity contribution in [1.82, 2.24) is 19.0 Å². The molecule has 0 aliphatic carbocycles. The van der Waals surface area contributed by atoms with Gasteiger partial charge in [-0.05, 0) is 50.2 Å². The predicted octanol–water partition coefficient (Wildman–Crippen LogP) is 2.64. The summed E-state index contributed by atoms with van der Waals surface area (Å²) in [6.45, 7) is 5.01. The lowest BCUT2D eigenvalue weighted by atomic mass is 10.2. The summed E-state index contributed by atoms with van der Waals surface area (Å²) in [4.78, 5) is 15.0. The second-order valence-electron chi connectivity index (χ2n) is 7.76. The van der Waals surface area contributed by atoms with Crippen LogP contribution in [-0.2, 0) is 10.0 Å². The van der Waals surface area contributed by atoms with Crippen LogP contribution < -0.4 is 4.74 Å². The number of methoxy groups -OCH3 is 1. The summed E-state index contributed by atoms with van der Waals surface area (Å²) >= 11 is 0. The molecule has 0 unspecified atom stereocenters. The van der Waals surface area contributed by atoms with Crippen molar-refractivity contribution in [3.63, 3.8) is 0 Å². The lowest BCUT2D eigenvalue weighted by Gasteiger charge is -2.34. The first-order valence-electron chi connectivity index (χ1n) is 10.4. The summed E-state index contributed by atoms with van der Waals surface area (Å²) in [6, 6.07) is 14.3. The van der Waals surface area contributed by atoms with Gasteiger partial charge in [-0.15, -0.1) is 0 Å². The van der Waals surface area contributed by atoms with Crippen molar-refractivity contribution >= 4 is 15.9 Å². The van der Waals surface area contributed by atoms with Crippen LogP contribution in [0.25, 0.3) is 5.69 Å². The van der Waals surface area contributed by atoms with Crippen LogP contribution in [0, 0.1) is 13.8 Å². The van der Waals surface area contributed by atoms with Crippen LogP contribution in [0.15, 0.2) is 59.6 Å². The molecule has 0 saturated carbocycles. The Bertz CT molecular complexity index is 1210. The highest BCUT2D eigenvalue weighted by Gasteiger charge is 2.31. The Balaban J connectivity index is 1.45. The molecular weight excluding hydrogens is 428 g/mol. The van der Waals surface area contributed by atoms with Gasteiger partial charge in [0, 0.05) is 26.2 Å². The van der Waals surface area contributed by atoms with Gasteiger partial charge in [-0.25, -0.2) is 13.1 Å². The van der Waals surface area contributed by atoms with Gasteiger partial charge in [-0.3, -0.25) is 4.79 Å². The Morgan fingerprint density at radius 3 is 2.16 bits per heavy atom. The number of piperazine rings is 1. The molecule has 0 bridgehead atoms. The number of benzene rings is 2. The van der Waals surface area contributed by atoms with Crippen molar-refractivity contribution in [3.05, 3.63) is 71.5 Å².